The Hall–Kier alpha value is -3.26. The number of carbonyl (C=O) groups excluding carboxylic acids is 3. The Morgan fingerprint density at radius 1 is 1.08 bits per heavy atom. The number of benzene rings is 2. The van der Waals surface area contributed by atoms with Crippen molar-refractivity contribution in [2.45, 2.75) is 66.2 Å². The second-order valence-corrected chi connectivity index (χ2v) is 10.3. The summed E-state index contributed by atoms with van der Waals surface area (Å²) in [5.74, 6) is -1.18. The number of aryl methyl sites for hydroxylation is 1. The van der Waals surface area contributed by atoms with Gasteiger partial charge >= 0.3 is 6.09 Å². The normalized spacial score (nSPS) is 13.0. The van der Waals surface area contributed by atoms with E-state index >= 15 is 0 Å². The van der Waals surface area contributed by atoms with E-state index in [0.29, 0.717) is 16.3 Å². The average Bonchev–Trinajstić information content (AvgIpc) is 2.77. The number of hydrogen-bond donors (Lipinski definition) is 3. The van der Waals surface area contributed by atoms with Gasteiger partial charge in [0.25, 0.3) is 5.91 Å². The van der Waals surface area contributed by atoms with E-state index in [1.807, 2.05) is 13.0 Å². The zero-order valence-electron chi connectivity index (χ0n) is 21.9. The maximum atomic E-state index is 13.8. The van der Waals surface area contributed by atoms with Crippen LogP contribution in [0.25, 0.3) is 0 Å². The quantitative estimate of drug-likeness (QED) is 0.432. The van der Waals surface area contributed by atoms with Crippen molar-refractivity contribution < 1.29 is 24.2 Å². The van der Waals surface area contributed by atoms with Crippen LogP contribution in [-0.2, 0) is 14.3 Å². The molecule has 2 rings (SSSR count). The van der Waals surface area contributed by atoms with Crippen molar-refractivity contribution in [1.82, 2.24) is 10.2 Å². The molecule has 0 aliphatic carbocycles. The van der Waals surface area contributed by atoms with Gasteiger partial charge in [-0.05, 0) is 69.9 Å². The number of anilines is 1. The Bertz CT molecular complexity index is 1060. The van der Waals surface area contributed by atoms with E-state index in [4.69, 9.17) is 16.3 Å². The van der Waals surface area contributed by atoms with Gasteiger partial charge in [0.05, 0.1) is 10.7 Å². The zero-order valence-corrected chi connectivity index (χ0v) is 22.6. The van der Waals surface area contributed by atoms with Crippen molar-refractivity contribution in [3.05, 3.63) is 58.6 Å². The van der Waals surface area contributed by atoms with Crippen molar-refractivity contribution in [2.24, 2.45) is 5.92 Å². The fraction of sp³-hybridized carbons (Fsp3) is 0.444. The predicted molar refractivity (Wildman–Crippen MR) is 141 cm³/mol. The molecule has 0 aliphatic heterocycles. The van der Waals surface area contributed by atoms with Crippen LogP contribution < -0.4 is 10.6 Å². The molecule has 3 amide bonds. The van der Waals surface area contributed by atoms with E-state index in [2.05, 4.69) is 10.6 Å². The largest absolute Gasteiger partial charge is 0.508 e. The summed E-state index contributed by atoms with van der Waals surface area (Å²) in [5, 5.41) is 15.7. The van der Waals surface area contributed by atoms with Crippen molar-refractivity contribution >= 4 is 35.2 Å². The van der Waals surface area contributed by atoms with Crippen LogP contribution in [0, 0.1) is 12.8 Å². The molecule has 9 heteroatoms. The van der Waals surface area contributed by atoms with Crippen LogP contribution in [-0.4, -0.2) is 46.1 Å². The third kappa shape index (κ3) is 7.62. The van der Waals surface area contributed by atoms with Crippen LogP contribution in [0.3, 0.4) is 0 Å². The summed E-state index contributed by atoms with van der Waals surface area (Å²) in [5.41, 5.74) is 0.968. The Morgan fingerprint density at radius 2 is 1.69 bits per heavy atom. The number of phenolic OH excluding ortho intramolecular Hbond substituents is 1. The van der Waals surface area contributed by atoms with Crippen LogP contribution >= 0.6 is 11.6 Å². The topological polar surface area (TPSA) is 108 Å². The average molecular weight is 518 g/mol. The molecular weight excluding hydrogens is 482 g/mol. The number of phenols is 1. The number of alkyl carbamates (subject to hydrolysis) is 1. The van der Waals surface area contributed by atoms with Crippen molar-refractivity contribution in [3.8, 4) is 5.75 Å². The van der Waals surface area contributed by atoms with Gasteiger partial charge in [0, 0.05) is 6.54 Å². The van der Waals surface area contributed by atoms with E-state index in [9.17, 15) is 19.5 Å². The van der Waals surface area contributed by atoms with Crippen molar-refractivity contribution in [1.29, 1.82) is 0 Å². The molecule has 0 aromatic heterocycles. The number of rotatable bonds is 8. The second kappa shape index (κ2) is 12.1. The lowest BCUT2D eigenvalue weighted by atomic mass is 9.98. The van der Waals surface area contributed by atoms with Gasteiger partial charge in [-0.3, -0.25) is 9.59 Å². The molecule has 0 saturated heterocycles. The molecule has 0 aliphatic rings. The number of carbonyl (C=O) groups is 3. The molecule has 0 spiro atoms. The van der Waals surface area contributed by atoms with Gasteiger partial charge in [-0.2, -0.15) is 0 Å². The summed E-state index contributed by atoms with van der Waals surface area (Å²) in [4.78, 5) is 41.4. The molecule has 2 aromatic rings. The van der Waals surface area contributed by atoms with E-state index in [1.54, 1.807) is 65.8 Å². The molecule has 0 fully saturated rings. The van der Waals surface area contributed by atoms with Gasteiger partial charge < -0.3 is 25.4 Å². The SMILES string of the molecule is CCN(C(=O)C(NC(=O)OC(C)(C)C)C(C)C)C(C(=O)Nc1c(C)cccc1Cl)c1ccc(O)cc1. The molecule has 0 saturated carbocycles. The summed E-state index contributed by atoms with van der Waals surface area (Å²) in [7, 11) is 0. The first-order valence-corrected chi connectivity index (χ1v) is 12.3. The Balaban J connectivity index is 2.47. The van der Waals surface area contributed by atoms with Crippen molar-refractivity contribution in [2.75, 3.05) is 11.9 Å². The molecule has 3 N–H and O–H groups in total. The van der Waals surface area contributed by atoms with Gasteiger partial charge in [-0.15, -0.1) is 0 Å². The minimum Gasteiger partial charge on any atom is -0.508 e. The minimum absolute atomic E-state index is 0.0286. The lowest BCUT2D eigenvalue weighted by Gasteiger charge is -2.35. The van der Waals surface area contributed by atoms with Gasteiger partial charge in [0.2, 0.25) is 5.91 Å². The number of halogens is 1. The van der Waals surface area contributed by atoms with E-state index < -0.39 is 35.6 Å². The number of para-hydroxylation sites is 1. The highest BCUT2D eigenvalue weighted by Crippen LogP contribution is 2.30. The lowest BCUT2D eigenvalue weighted by molar-refractivity contribution is -0.141. The third-order valence-electron chi connectivity index (χ3n) is 5.47. The number of nitrogens with zero attached hydrogens (tertiary/aromatic N) is 1. The second-order valence-electron chi connectivity index (χ2n) is 9.91. The fourth-order valence-corrected chi connectivity index (χ4v) is 3.97. The lowest BCUT2D eigenvalue weighted by Crippen LogP contribution is -2.54. The molecule has 2 aromatic carbocycles. The summed E-state index contributed by atoms with van der Waals surface area (Å²) in [6.07, 6.45) is -0.720. The summed E-state index contributed by atoms with van der Waals surface area (Å²) >= 11 is 6.33. The smallest absolute Gasteiger partial charge is 0.408 e. The number of nitrogens with one attached hydrogen (secondary N) is 2. The van der Waals surface area contributed by atoms with Gasteiger partial charge in [-0.1, -0.05) is 49.7 Å². The fourth-order valence-electron chi connectivity index (χ4n) is 3.70. The monoisotopic (exact) mass is 517 g/mol. The number of amides is 3. The Morgan fingerprint density at radius 3 is 2.19 bits per heavy atom. The van der Waals surface area contributed by atoms with Crippen LogP contribution in [0.4, 0.5) is 10.5 Å². The first-order chi connectivity index (χ1) is 16.7. The molecule has 8 nitrogen and oxygen atoms in total. The molecule has 196 valence electrons. The Labute approximate surface area is 218 Å². The minimum atomic E-state index is -1.06. The highest BCUT2D eigenvalue weighted by molar-refractivity contribution is 6.34. The van der Waals surface area contributed by atoms with E-state index in [-0.39, 0.29) is 18.2 Å². The molecule has 2 atom stereocenters. The number of hydrogen-bond acceptors (Lipinski definition) is 5. The van der Waals surface area contributed by atoms with Crippen LogP contribution in [0.15, 0.2) is 42.5 Å². The molecule has 0 bridgehead atoms. The first kappa shape index (κ1) is 29.0. The summed E-state index contributed by atoms with van der Waals surface area (Å²) in [6.45, 7) is 12.6. The molecule has 2 unspecified atom stereocenters. The van der Waals surface area contributed by atoms with Crippen LogP contribution in [0.1, 0.15) is 58.7 Å². The Kier molecular flexibility index (Phi) is 9.76. The van der Waals surface area contributed by atoms with E-state index in [0.717, 1.165) is 5.56 Å². The van der Waals surface area contributed by atoms with Crippen molar-refractivity contribution in [3.63, 3.8) is 0 Å². The first-order valence-electron chi connectivity index (χ1n) is 11.9. The third-order valence-corrected chi connectivity index (χ3v) is 5.78. The molecule has 36 heavy (non-hydrogen) atoms. The highest BCUT2D eigenvalue weighted by Gasteiger charge is 2.37. The number of aromatic hydroxyl groups is 1. The predicted octanol–water partition coefficient (Wildman–Crippen LogP) is 5.43. The van der Waals surface area contributed by atoms with Crippen LogP contribution in [0.5, 0.6) is 5.75 Å². The highest BCUT2D eigenvalue weighted by atomic mass is 35.5. The zero-order chi connectivity index (χ0) is 27.2. The maximum Gasteiger partial charge on any atom is 0.408 e. The molecule has 0 radical (unpaired) electrons. The van der Waals surface area contributed by atoms with Gasteiger partial charge in [-0.25, -0.2) is 4.79 Å². The maximum absolute atomic E-state index is 13.8. The summed E-state index contributed by atoms with van der Waals surface area (Å²) < 4.78 is 5.35. The number of likely N-dealkylation sites (N-methyl/N-ethyl adjacent to an activating group) is 1. The van der Waals surface area contributed by atoms with Crippen LogP contribution in [0.2, 0.25) is 5.02 Å². The van der Waals surface area contributed by atoms with Gasteiger partial charge in [0.1, 0.15) is 23.4 Å². The molecular formula is C27H36ClN3O5. The summed E-state index contributed by atoms with van der Waals surface area (Å²) in [6, 6.07) is 9.35. The van der Waals surface area contributed by atoms with E-state index in [1.165, 1.54) is 17.0 Å². The standard InChI is InChI=1S/C27H36ClN3O5/c1-8-31(25(34)21(16(2)3)30-26(35)36-27(5,6)7)23(18-12-14-19(32)15-13-18)24(33)29-22-17(4)10-9-11-20(22)28/h9-16,21,23,32H,8H2,1-7H3,(H,29,33)(H,30,35). The number of ether oxygens (including phenoxy) is 1. The van der Waals surface area contributed by atoms with Gasteiger partial charge in [0.15, 0.2) is 0 Å². The molecule has 0 heterocycles.